The first-order chi connectivity index (χ1) is 5.85. The van der Waals surface area contributed by atoms with Crippen molar-refractivity contribution in [1.29, 1.82) is 0 Å². The van der Waals surface area contributed by atoms with Gasteiger partial charge in [-0.05, 0) is 25.3 Å². The molecular weight excluding hydrogens is 146 g/mol. The minimum atomic E-state index is 1.05. The van der Waals surface area contributed by atoms with Crippen LogP contribution in [0.1, 0.15) is 40.0 Å². The topological polar surface area (TPSA) is 12.4 Å². The molecule has 68 valence electrons. The molecule has 0 aliphatic rings. The second kappa shape index (κ2) is 8.25. The Morgan fingerprint density at radius 3 is 2.58 bits per heavy atom. The molecular formula is C11H19N. The Labute approximate surface area is 75.9 Å². The molecule has 0 radical (unpaired) electrons. The summed E-state index contributed by atoms with van der Waals surface area (Å²) in [5.74, 6) is 0. The molecule has 0 spiro atoms. The normalized spacial score (nSPS) is 13.4. The summed E-state index contributed by atoms with van der Waals surface area (Å²) in [4.78, 5) is 4.08. The quantitative estimate of drug-likeness (QED) is 0.435. The predicted molar refractivity (Wildman–Crippen MR) is 56.6 cm³/mol. The van der Waals surface area contributed by atoms with Crippen molar-refractivity contribution in [1.82, 2.24) is 0 Å². The van der Waals surface area contributed by atoms with Crippen LogP contribution in [-0.4, -0.2) is 6.21 Å². The Bertz CT molecular complexity index is 175. The summed E-state index contributed by atoms with van der Waals surface area (Å²) in [5.41, 5.74) is 1.29. The van der Waals surface area contributed by atoms with Crippen molar-refractivity contribution in [3.8, 4) is 0 Å². The SMILES string of the molecule is CC=NC=C(C=CCCC)CC. The van der Waals surface area contributed by atoms with E-state index in [1.165, 1.54) is 12.0 Å². The number of unbranched alkanes of at least 4 members (excludes halogenated alkanes) is 1. The van der Waals surface area contributed by atoms with E-state index in [4.69, 9.17) is 0 Å². The second-order valence-corrected chi connectivity index (χ2v) is 2.66. The maximum atomic E-state index is 4.08. The van der Waals surface area contributed by atoms with Crippen LogP contribution in [0.15, 0.2) is 28.9 Å². The van der Waals surface area contributed by atoms with Gasteiger partial charge in [-0.25, -0.2) is 0 Å². The Morgan fingerprint density at radius 1 is 1.33 bits per heavy atom. The predicted octanol–water partition coefficient (Wildman–Crippen LogP) is 3.73. The van der Waals surface area contributed by atoms with Gasteiger partial charge in [-0.3, -0.25) is 4.99 Å². The van der Waals surface area contributed by atoms with Crippen LogP contribution in [0, 0.1) is 0 Å². The highest BCUT2D eigenvalue weighted by atomic mass is 14.7. The fourth-order valence-corrected chi connectivity index (χ4v) is 0.824. The van der Waals surface area contributed by atoms with Crippen LogP contribution in [0.3, 0.4) is 0 Å². The molecule has 0 atom stereocenters. The van der Waals surface area contributed by atoms with E-state index >= 15 is 0 Å². The van der Waals surface area contributed by atoms with Gasteiger partial charge in [0.15, 0.2) is 0 Å². The number of hydrogen-bond acceptors (Lipinski definition) is 1. The molecule has 12 heavy (non-hydrogen) atoms. The highest BCUT2D eigenvalue weighted by Crippen LogP contribution is 2.03. The van der Waals surface area contributed by atoms with Gasteiger partial charge in [-0.1, -0.05) is 32.4 Å². The molecule has 1 heteroatoms. The monoisotopic (exact) mass is 165 g/mol. The first-order valence-electron chi connectivity index (χ1n) is 4.68. The molecule has 0 aromatic rings. The maximum absolute atomic E-state index is 4.08. The van der Waals surface area contributed by atoms with Gasteiger partial charge >= 0.3 is 0 Å². The number of allylic oxidation sites excluding steroid dienone is 3. The van der Waals surface area contributed by atoms with Crippen molar-refractivity contribution in [2.45, 2.75) is 40.0 Å². The molecule has 1 nitrogen and oxygen atoms in total. The van der Waals surface area contributed by atoms with E-state index in [-0.39, 0.29) is 0 Å². The molecule has 0 unspecified atom stereocenters. The van der Waals surface area contributed by atoms with Gasteiger partial charge in [0.25, 0.3) is 0 Å². The lowest BCUT2D eigenvalue weighted by Crippen LogP contribution is -1.73. The number of rotatable bonds is 5. The third-order valence-corrected chi connectivity index (χ3v) is 1.58. The molecule has 0 rings (SSSR count). The summed E-state index contributed by atoms with van der Waals surface area (Å²) in [6, 6.07) is 0. The fourth-order valence-electron chi connectivity index (χ4n) is 0.824. The molecule has 0 aliphatic heterocycles. The fraction of sp³-hybridized carbons (Fsp3) is 0.545. The second-order valence-electron chi connectivity index (χ2n) is 2.66. The number of aliphatic imine (C=N–C) groups is 1. The van der Waals surface area contributed by atoms with Crippen LogP contribution < -0.4 is 0 Å². The Hall–Kier alpha value is -0.850. The van der Waals surface area contributed by atoms with Crippen molar-refractivity contribution in [2.24, 2.45) is 4.99 Å². The molecule has 0 aromatic heterocycles. The summed E-state index contributed by atoms with van der Waals surface area (Å²) >= 11 is 0. The van der Waals surface area contributed by atoms with Crippen molar-refractivity contribution in [3.05, 3.63) is 23.9 Å². The van der Waals surface area contributed by atoms with E-state index in [0.29, 0.717) is 0 Å². The highest BCUT2D eigenvalue weighted by molar-refractivity contribution is 5.54. The lowest BCUT2D eigenvalue weighted by molar-refractivity contribution is 0.955. The Balaban J connectivity index is 3.98. The van der Waals surface area contributed by atoms with Gasteiger partial charge < -0.3 is 0 Å². The smallest absolute Gasteiger partial charge is 0.0295 e. The molecule has 0 amide bonds. The van der Waals surface area contributed by atoms with Crippen molar-refractivity contribution >= 4 is 6.21 Å². The Morgan fingerprint density at radius 2 is 2.08 bits per heavy atom. The van der Waals surface area contributed by atoms with Crippen LogP contribution >= 0.6 is 0 Å². The van der Waals surface area contributed by atoms with Crippen LogP contribution in [0.25, 0.3) is 0 Å². The molecule has 0 saturated carbocycles. The minimum Gasteiger partial charge on any atom is -0.269 e. The molecule has 0 aliphatic carbocycles. The minimum absolute atomic E-state index is 1.05. The summed E-state index contributed by atoms with van der Waals surface area (Å²) in [5, 5.41) is 0. The van der Waals surface area contributed by atoms with E-state index < -0.39 is 0 Å². The summed E-state index contributed by atoms with van der Waals surface area (Å²) in [7, 11) is 0. The zero-order chi connectivity index (χ0) is 9.23. The average molecular weight is 165 g/mol. The molecule has 0 N–H and O–H groups in total. The van der Waals surface area contributed by atoms with E-state index in [2.05, 4.69) is 31.0 Å². The van der Waals surface area contributed by atoms with E-state index in [0.717, 1.165) is 12.8 Å². The first-order valence-corrected chi connectivity index (χ1v) is 4.68. The molecule has 0 bridgehead atoms. The van der Waals surface area contributed by atoms with Crippen LogP contribution in [0.5, 0.6) is 0 Å². The summed E-state index contributed by atoms with van der Waals surface area (Å²) in [6.07, 6.45) is 11.5. The number of hydrogen-bond donors (Lipinski definition) is 0. The van der Waals surface area contributed by atoms with Crippen LogP contribution in [0.2, 0.25) is 0 Å². The lowest BCUT2D eigenvalue weighted by atomic mass is 10.2. The van der Waals surface area contributed by atoms with E-state index in [1.807, 2.05) is 19.3 Å². The highest BCUT2D eigenvalue weighted by Gasteiger charge is 1.84. The summed E-state index contributed by atoms with van der Waals surface area (Å²) in [6.45, 7) is 6.26. The third kappa shape index (κ3) is 5.90. The van der Waals surface area contributed by atoms with Crippen molar-refractivity contribution in [3.63, 3.8) is 0 Å². The van der Waals surface area contributed by atoms with E-state index in [9.17, 15) is 0 Å². The average Bonchev–Trinajstić information content (AvgIpc) is 2.11. The maximum Gasteiger partial charge on any atom is 0.0295 e. The molecule has 0 heterocycles. The van der Waals surface area contributed by atoms with Gasteiger partial charge in [-0.15, -0.1) is 0 Å². The van der Waals surface area contributed by atoms with Crippen LogP contribution in [-0.2, 0) is 0 Å². The molecule has 0 aromatic carbocycles. The van der Waals surface area contributed by atoms with Gasteiger partial charge in [0.1, 0.15) is 0 Å². The van der Waals surface area contributed by atoms with Crippen molar-refractivity contribution < 1.29 is 0 Å². The number of nitrogens with zero attached hydrogens (tertiary/aromatic N) is 1. The zero-order valence-electron chi connectivity index (χ0n) is 8.38. The lowest BCUT2D eigenvalue weighted by Gasteiger charge is -1.93. The summed E-state index contributed by atoms with van der Waals surface area (Å²) < 4.78 is 0. The zero-order valence-corrected chi connectivity index (χ0v) is 8.38. The third-order valence-electron chi connectivity index (χ3n) is 1.58. The Kier molecular flexibility index (Phi) is 7.66. The van der Waals surface area contributed by atoms with Gasteiger partial charge in [0.2, 0.25) is 0 Å². The first kappa shape index (κ1) is 11.2. The molecule has 0 fully saturated rings. The van der Waals surface area contributed by atoms with Gasteiger partial charge in [0, 0.05) is 12.4 Å². The van der Waals surface area contributed by atoms with Crippen LogP contribution in [0.4, 0.5) is 0 Å². The largest absolute Gasteiger partial charge is 0.269 e. The van der Waals surface area contributed by atoms with Crippen molar-refractivity contribution in [2.75, 3.05) is 0 Å². The van der Waals surface area contributed by atoms with Gasteiger partial charge in [0.05, 0.1) is 0 Å². The van der Waals surface area contributed by atoms with E-state index in [1.54, 1.807) is 0 Å². The standard InChI is InChI=1S/C11H19N/c1-4-7-8-9-11(5-2)10-12-6-3/h6,8-10H,4-5,7H2,1-3H3. The van der Waals surface area contributed by atoms with Gasteiger partial charge in [-0.2, -0.15) is 0 Å². The molecule has 0 saturated heterocycles.